The fraction of sp³-hybridized carbons (Fsp3) is 0.429. The van der Waals surface area contributed by atoms with E-state index in [4.69, 9.17) is 10.5 Å². The van der Waals surface area contributed by atoms with Crippen LogP contribution in [0, 0.1) is 0 Å². The summed E-state index contributed by atoms with van der Waals surface area (Å²) in [6.45, 7) is 5.57. The van der Waals surface area contributed by atoms with Crippen LogP contribution in [0.25, 0.3) is 10.9 Å². The Kier molecular flexibility index (Phi) is 3.50. The summed E-state index contributed by atoms with van der Waals surface area (Å²) in [6.07, 6.45) is 2.18. The second-order valence-electron chi connectivity index (χ2n) is 4.60. The van der Waals surface area contributed by atoms with Crippen LogP contribution in [0.3, 0.4) is 0 Å². The molecule has 1 aromatic heterocycles. The lowest BCUT2D eigenvalue weighted by Crippen LogP contribution is -2.00. The van der Waals surface area contributed by atoms with E-state index in [1.807, 2.05) is 0 Å². The van der Waals surface area contributed by atoms with Crippen LogP contribution >= 0.6 is 0 Å². The summed E-state index contributed by atoms with van der Waals surface area (Å²) in [7, 11) is 1.73. The van der Waals surface area contributed by atoms with Gasteiger partial charge in [0.2, 0.25) is 0 Å². The van der Waals surface area contributed by atoms with Gasteiger partial charge in [-0.05, 0) is 25.5 Å². The van der Waals surface area contributed by atoms with Crippen LogP contribution in [0.5, 0.6) is 0 Å². The summed E-state index contributed by atoms with van der Waals surface area (Å²) in [6, 6.07) is 6.75. The third-order valence-electron chi connectivity index (χ3n) is 3.10. The van der Waals surface area contributed by atoms with Gasteiger partial charge in [-0.15, -0.1) is 0 Å². The molecule has 0 aliphatic heterocycles. The van der Waals surface area contributed by atoms with Gasteiger partial charge in [0.05, 0.1) is 6.61 Å². The summed E-state index contributed by atoms with van der Waals surface area (Å²) in [4.78, 5) is 0. The zero-order valence-electron chi connectivity index (χ0n) is 10.7. The number of ether oxygens (including phenoxy) is 1. The molecule has 0 bridgehead atoms. The average molecular weight is 232 g/mol. The number of nitrogens with two attached hydrogens (primary N) is 1. The first-order valence-electron chi connectivity index (χ1n) is 5.99. The molecule has 3 nitrogen and oxygen atoms in total. The van der Waals surface area contributed by atoms with Gasteiger partial charge in [-0.3, -0.25) is 0 Å². The zero-order chi connectivity index (χ0) is 12.4. The second-order valence-corrected chi connectivity index (χ2v) is 4.60. The molecule has 0 saturated carbocycles. The highest BCUT2D eigenvalue weighted by Crippen LogP contribution is 2.28. The van der Waals surface area contributed by atoms with Gasteiger partial charge >= 0.3 is 0 Å². The largest absolute Gasteiger partial charge is 0.380 e. The predicted octanol–water partition coefficient (Wildman–Crippen LogP) is 2.83. The molecule has 0 unspecified atom stereocenters. The third-order valence-corrected chi connectivity index (χ3v) is 3.10. The fourth-order valence-corrected chi connectivity index (χ4v) is 2.34. The van der Waals surface area contributed by atoms with Crippen molar-refractivity contribution in [2.24, 2.45) is 5.73 Å². The van der Waals surface area contributed by atoms with E-state index in [-0.39, 0.29) is 0 Å². The van der Waals surface area contributed by atoms with Gasteiger partial charge in [0.25, 0.3) is 0 Å². The normalized spacial score (nSPS) is 11.6. The molecule has 0 atom stereocenters. The summed E-state index contributed by atoms with van der Waals surface area (Å²) in [5.74, 6) is 0. The number of benzene rings is 1. The molecule has 0 radical (unpaired) electrons. The van der Waals surface area contributed by atoms with E-state index in [0.29, 0.717) is 19.2 Å². The monoisotopic (exact) mass is 232 g/mol. The van der Waals surface area contributed by atoms with Gasteiger partial charge < -0.3 is 15.0 Å². The van der Waals surface area contributed by atoms with Crippen molar-refractivity contribution in [1.29, 1.82) is 0 Å². The minimum Gasteiger partial charge on any atom is -0.380 e. The van der Waals surface area contributed by atoms with E-state index in [2.05, 4.69) is 42.8 Å². The molecule has 17 heavy (non-hydrogen) atoms. The molecule has 0 spiro atoms. The van der Waals surface area contributed by atoms with Crippen molar-refractivity contribution in [3.8, 4) is 0 Å². The second kappa shape index (κ2) is 4.90. The van der Waals surface area contributed by atoms with Crippen molar-refractivity contribution in [3.05, 3.63) is 35.5 Å². The molecule has 1 aromatic carbocycles. The molecule has 2 rings (SSSR count). The Bertz CT molecular complexity index is 514. The van der Waals surface area contributed by atoms with Gasteiger partial charge in [-0.2, -0.15) is 0 Å². The summed E-state index contributed by atoms with van der Waals surface area (Å²) in [5.41, 5.74) is 9.47. The first-order chi connectivity index (χ1) is 8.19. The lowest BCUT2D eigenvalue weighted by molar-refractivity contribution is 0.185. The van der Waals surface area contributed by atoms with Crippen molar-refractivity contribution in [2.45, 2.75) is 33.0 Å². The number of fused-ring (bicyclic) bond motifs is 1. The molecule has 0 aliphatic carbocycles. The van der Waals surface area contributed by atoms with Gasteiger partial charge in [0.15, 0.2) is 0 Å². The Morgan fingerprint density at radius 1 is 1.29 bits per heavy atom. The van der Waals surface area contributed by atoms with Crippen LogP contribution in [0.2, 0.25) is 0 Å². The zero-order valence-corrected chi connectivity index (χ0v) is 10.7. The fourth-order valence-electron chi connectivity index (χ4n) is 2.34. The van der Waals surface area contributed by atoms with E-state index in [9.17, 15) is 0 Å². The number of nitrogens with zero attached hydrogens (tertiary/aromatic N) is 1. The van der Waals surface area contributed by atoms with E-state index in [1.54, 1.807) is 7.11 Å². The van der Waals surface area contributed by atoms with Gasteiger partial charge in [0.1, 0.15) is 0 Å². The Morgan fingerprint density at radius 3 is 2.65 bits per heavy atom. The Balaban J connectivity index is 2.71. The molecule has 0 saturated heterocycles. The SMILES string of the molecule is COCc1cn(C(C)C)c2cccc(CN)c12. The summed E-state index contributed by atoms with van der Waals surface area (Å²) < 4.78 is 7.56. The molecule has 0 fully saturated rings. The van der Waals surface area contributed by atoms with E-state index < -0.39 is 0 Å². The van der Waals surface area contributed by atoms with Crippen LogP contribution in [0.4, 0.5) is 0 Å². The molecule has 0 amide bonds. The molecule has 2 aromatic rings. The molecule has 3 heteroatoms. The van der Waals surface area contributed by atoms with Crippen molar-refractivity contribution in [3.63, 3.8) is 0 Å². The number of methoxy groups -OCH3 is 1. The topological polar surface area (TPSA) is 40.2 Å². The number of hydrogen-bond donors (Lipinski definition) is 1. The average Bonchev–Trinajstić information content (AvgIpc) is 2.69. The highest BCUT2D eigenvalue weighted by Gasteiger charge is 2.12. The van der Waals surface area contributed by atoms with Crippen LogP contribution in [-0.4, -0.2) is 11.7 Å². The van der Waals surface area contributed by atoms with E-state index >= 15 is 0 Å². The Morgan fingerprint density at radius 2 is 2.06 bits per heavy atom. The molecule has 92 valence electrons. The van der Waals surface area contributed by atoms with Crippen LogP contribution < -0.4 is 5.73 Å². The summed E-state index contributed by atoms with van der Waals surface area (Å²) in [5, 5.41) is 1.26. The van der Waals surface area contributed by atoms with Gasteiger partial charge in [-0.1, -0.05) is 12.1 Å². The van der Waals surface area contributed by atoms with Crippen molar-refractivity contribution >= 4 is 10.9 Å². The van der Waals surface area contributed by atoms with Gasteiger partial charge in [-0.25, -0.2) is 0 Å². The maximum Gasteiger partial charge on any atom is 0.0734 e. The van der Waals surface area contributed by atoms with Crippen molar-refractivity contribution in [1.82, 2.24) is 4.57 Å². The molecule has 2 N–H and O–H groups in total. The lowest BCUT2D eigenvalue weighted by Gasteiger charge is -2.09. The standard InChI is InChI=1S/C14H20N2O/c1-10(2)16-8-12(9-17-3)14-11(7-15)5-4-6-13(14)16/h4-6,8,10H,7,9,15H2,1-3H3. The maximum atomic E-state index is 5.82. The highest BCUT2D eigenvalue weighted by atomic mass is 16.5. The van der Waals surface area contributed by atoms with Crippen molar-refractivity contribution in [2.75, 3.05) is 7.11 Å². The lowest BCUT2D eigenvalue weighted by atomic mass is 10.1. The molecular weight excluding hydrogens is 212 g/mol. The smallest absolute Gasteiger partial charge is 0.0734 e. The highest BCUT2D eigenvalue weighted by molar-refractivity contribution is 5.87. The van der Waals surface area contributed by atoms with Crippen molar-refractivity contribution < 1.29 is 4.74 Å². The van der Waals surface area contributed by atoms with E-state index in [0.717, 1.165) is 0 Å². The molecule has 1 heterocycles. The maximum absolute atomic E-state index is 5.82. The minimum atomic E-state index is 0.441. The van der Waals surface area contributed by atoms with Gasteiger partial charge in [0, 0.05) is 42.4 Å². The van der Waals surface area contributed by atoms with Crippen LogP contribution in [-0.2, 0) is 17.9 Å². The number of rotatable bonds is 4. The molecular formula is C14H20N2O. The first kappa shape index (κ1) is 12.1. The molecule has 0 aliphatic rings. The third kappa shape index (κ3) is 2.08. The van der Waals surface area contributed by atoms with Crippen LogP contribution in [0.15, 0.2) is 24.4 Å². The predicted molar refractivity (Wildman–Crippen MR) is 70.9 cm³/mol. The minimum absolute atomic E-state index is 0.441. The Labute approximate surface area is 102 Å². The quantitative estimate of drug-likeness (QED) is 0.880. The van der Waals surface area contributed by atoms with Crippen LogP contribution in [0.1, 0.15) is 31.0 Å². The summed E-state index contributed by atoms with van der Waals surface area (Å²) >= 11 is 0. The Hall–Kier alpha value is -1.32. The number of aromatic nitrogens is 1. The number of hydrogen-bond acceptors (Lipinski definition) is 2. The first-order valence-corrected chi connectivity index (χ1v) is 5.99. The van der Waals surface area contributed by atoms with E-state index in [1.165, 1.54) is 22.0 Å².